The van der Waals surface area contributed by atoms with Crippen molar-refractivity contribution in [3.8, 4) is 5.75 Å². The van der Waals surface area contributed by atoms with Gasteiger partial charge >= 0.3 is 0 Å². The molecule has 1 aliphatic rings. The number of ether oxygens (including phenoxy) is 1. The summed E-state index contributed by atoms with van der Waals surface area (Å²) >= 11 is 0. The molecule has 1 saturated heterocycles. The Bertz CT molecular complexity index is 1210. The van der Waals surface area contributed by atoms with Crippen molar-refractivity contribution in [1.82, 2.24) is 5.32 Å². The molecule has 2 N–H and O–H groups in total. The van der Waals surface area contributed by atoms with Crippen molar-refractivity contribution in [3.05, 3.63) is 89.5 Å². The number of hydrogen-bond acceptors (Lipinski definition) is 4. The number of nitrogens with zero attached hydrogens (tertiary/aromatic N) is 1. The van der Waals surface area contributed by atoms with E-state index < -0.39 is 5.92 Å². The molecule has 174 valence electrons. The van der Waals surface area contributed by atoms with Crippen LogP contribution in [0.1, 0.15) is 27.9 Å². The van der Waals surface area contributed by atoms with Gasteiger partial charge in [-0.3, -0.25) is 14.4 Å². The molecule has 3 aromatic rings. The summed E-state index contributed by atoms with van der Waals surface area (Å²) in [6.07, 6.45) is 0.129. The van der Waals surface area contributed by atoms with Gasteiger partial charge < -0.3 is 20.3 Å². The van der Waals surface area contributed by atoms with E-state index in [1.165, 1.54) is 0 Å². The molecule has 4 rings (SSSR count). The Labute approximate surface area is 198 Å². The average molecular weight is 458 g/mol. The lowest BCUT2D eigenvalue weighted by atomic mass is 10.1. The van der Waals surface area contributed by atoms with E-state index in [0.717, 1.165) is 16.8 Å². The molecule has 0 saturated carbocycles. The van der Waals surface area contributed by atoms with Crippen LogP contribution < -0.4 is 20.3 Å². The van der Waals surface area contributed by atoms with E-state index in [4.69, 9.17) is 4.74 Å². The van der Waals surface area contributed by atoms with Gasteiger partial charge in [-0.1, -0.05) is 42.0 Å². The second kappa shape index (κ2) is 10.2. The van der Waals surface area contributed by atoms with Crippen LogP contribution in [0.4, 0.5) is 11.4 Å². The molecule has 34 heavy (non-hydrogen) atoms. The molecule has 0 radical (unpaired) electrons. The highest BCUT2D eigenvalue weighted by molar-refractivity contribution is 6.07. The predicted octanol–water partition coefficient (Wildman–Crippen LogP) is 3.93. The Morgan fingerprint density at radius 3 is 2.56 bits per heavy atom. The standard InChI is InChI=1S/C27H27N3O4/c1-18-10-12-21(13-11-18)30-17-20(15-25(30)31)26(32)29-24-9-4-3-8-23(24)27(33)28-16-19-6-5-7-22(14-19)34-2/h3-14,20H,15-17H2,1-2H3,(H,28,33)(H,29,32)/t20-/m0/s1. The van der Waals surface area contributed by atoms with Crippen LogP contribution in [0.25, 0.3) is 0 Å². The molecule has 3 amide bonds. The number of carbonyl (C=O) groups is 3. The summed E-state index contributed by atoms with van der Waals surface area (Å²) in [5, 5.41) is 5.73. The quantitative estimate of drug-likeness (QED) is 0.563. The molecule has 1 fully saturated rings. The van der Waals surface area contributed by atoms with Crippen LogP contribution in [0, 0.1) is 12.8 Å². The van der Waals surface area contributed by atoms with E-state index in [1.54, 1.807) is 36.3 Å². The maximum atomic E-state index is 13.0. The third kappa shape index (κ3) is 5.26. The van der Waals surface area contributed by atoms with Crippen molar-refractivity contribution < 1.29 is 19.1 Å². The van der Waals surface area contributed by atoms with Gasteiger partial charge in [0.2, 0.25) is 11.8 Å². The van der Waals surface area contributed by atoms with Crippen LogP contribution >= 0.6 is 0 Å². The van der Waals surface area contributed by atoms with Gasteiger partial charge in [0.1, 0.15) is 5.75 Å². The summed E-state index contributed by atoms with van der Waals surface area (Å²) in [7, 11) is 1.59. The first kappa shape index (κ1) is 23.0. The van der Waals surface area contributed by atoms with Gasteiger partial charge in [-0.15, -0.1) is 0 Å². The van der Waals surface area contributed by atoms with Gasteiger partial charge in [0.25, 0.3) is 5.91 Å². The first-order valence-corrected chi connectivity index (χ1v) is 11.1. The van der Waals surface area contributed by atoms with Crippen molar-refractivity contribution in [1.29, 1.82) is 0 Å². The highest BCUT2D eigenvalue weighted by Gasteiger charge is 2.35. The number of methoxy groups -OCH3 is 1. The Morgan fingerprint density at radius 2 is 1.79 bits per heavy atom. The maximum Gasteiger partial charge on any atom is 0.253 e. The first-order valence-electron chi connectivity index (χ1n) is 11.1. The number of hydrogen-bond donors (Lipinski definition) is 2. The summed E-state index contributed by atoms with van der Waals surface area (Å²) in [6.45, 7) is 2.61. The zero-order valence-electron chi connectivity index (χ0n) is 19.2. The summed E-state index contributed by atoms with van der Waals surface area (Å²) in [5.74, 6) is -0.460. The second-order valence-electron chi connectivity index (χ2n) is 8.31. The number of rotatable bonds is 7. The Morgan fingerprint density at radius 1 is 1.03 bits per heavy atom. The van der Waals surface area contributed by atoms with Crippen molar-refractivity contribution in [2.24, 2.45) is 5.92 Å². The molecular formula is C27H27N3O4. The van der Waals surface area contributed by atoms with Gasteiger partial charge in [0.05, 0.1) is 24.3 Å². The molecule has 0 aliphatic carbocycles. The fourth-order valence-corrected chi connectivity index (χ4v) is 3.94. The number of anilines is 2. The fourth-order valence-electron chi connectivity index (χ4n) is 3.94. The lowest BCUT2D eigenvalue weighted by molar-refractivity contribution is -0.122. The number of nitrogens with one attached hydrogen (secondary N) is 2. The number of carbonyl (C=O) groups excluding carboxylic acids is 3. The monoisotopic (exact) mass is 457 g/mol. The number of amides is 3. The van der Waals surface area contributed by atoms with Crippen molar-refractivity contribution >= 4 is 29.1 Å². The Kier molecular flexibility index (Phi) is 6.92. The molecule has 0 spiro atoms. The largest absolute Gasteiger partial charge is 0.497 e. The molecule has 7 nitrogen and oxygen atoms in total. The highest BCUT2D eigenvalue weighted by Crippen LogP contribution is 2.27. The molecule has 1 atom stereocenters. The van der Waals surface area contributed by atoms with Crippen LogP contribution in [0.15, 0.2) is 72.8 Å². The van der Waals surface area contributed by atoms with E-state index in [9.17, 15) is 14.4 Å². The number of para-hydroxylation sites is 1. The maximum absolute atomic E-state index is 13.0. The fraction of sp³-hybridized carbons (Fsp3) is 0.222. The third-order valence-electron chi connectivity index (χ3n) is 5.86. The van der Waals surface area contributed by atoms with E-state index in [2.05, 4.69) is 10.6 Å². The number of aryl methyl sites for hydroxylation is 1. The molecular weight excluding hydrogens is 430 g/mol. The van der Waals surface area contributed by atoms with Crippen LogP contribution in [-0.4, -0.2) is 31.4 Å². The minimum atomic E-state index is -0.498. The zero-order chi connectivity index (χ0) is 24.1. The Hall–Kier alpha value is -4.13. The lowest BCUT2D eigenvalue weighted by Crippen LogP contribution is -2.29. The van der Waals surface area contributed by atoms with Gasteiger partial charge in [0, 0.05) is 25.2 Å². The minimum absolute atomic E-state index is 0.0895. The van der Waals surface area contributed by atoms with Gasteiger partial charge in [-0.25, -0.2) is 0 Å². The summed E-state index contributed by atoms with van der Waals surface area (Å²) in [5.41, 5.74) is 3.56. The second-order valence-corrected chi connectivity index (χ2v) is 8.31. The Balaban J connectivity index is 1.41. The normalized spacial score (nSPS) is 15.2. The summed E-state index contributed by atoms with van der Waals surface area (Å²) in [4.78, 5) is 40.0. The van der Waals surface area contributed by atoms with E-state index >= 15 is 0 Å². The molecule has 1 heterocycles. The van der Waals surface area contributed by atoms with E-state index in [0.29, 0.717) is 30.1 Å². The van der Waals surface area contributed by atoms with Crippen molar-refractivity contribution in [2.75, 3.05) is 23.9 Å². The van der Waals surface area contributed by atoms with E-state index in [1.807, 2.05) is 55.5 Å². The molecule has 0 aromatic heterocycles. The summed E-state index contributed by atoms with van der Waals surface area (Å²) in [6, 6.07) is 21.9. The van der Waals surface area contributed by atoms with Crippen LogP contribution in [-0.2, 0) is 16.1 Å². The highest BCUT2D eigenvalue weighted by atomic mass is 16.5. The number of benzene rings is 3. The third-order valence-corrected chi connectivity index (χ3v) is 5.86. The van der Waals surface area contributed by atoms with E-state index in [-0.39, 0.29) is 24.1 Å². The molecule has 0 bridgehead atoms. The van der Waals surface area contributed by atoms with Gasteiger partial charge in [-0.05, 0) is 48.9 Å². The van der Waals surface area contributed by atoms with Crippen molar-refractivity contribution in [3.63, 3.8) is 0 Å². The topological polar surface area (TPSA) is 87.7 Å². The first-order chi connectivity index (χ1) is 16.4. The minimum Gasteiger partial charge on any atom is -0.497 e. The SMILES string of the molecule is COc1cccc(CNC(=O)c2ccccc2NC(=O)[C@H]2CC(=O)N(c3ccc(C)cc3)C2)c1. The lowest BCUT2D eigenvalue weighted by Gasteiger charge is -2.17. The smallest absolute Gasteiger partial charge is 0.253 e. The molecule has 7 heteroatoms. The average Bonchev–Trinajstić information content (AvgIpc) is 3.25. The van der Waals surface area contributed by atoms with Crippen LogP contribution in [0.2, 0.25) is 0 Å². The van der Waals surface area contributed by atoms with Gasteiger partial charge in [0.15, 0.2) is 0 Å². The van der Waals surface area contributed by atoms with Crippen LogP contribution in [0.5, 0.6) is 5.75 Å². The zero-order valence-corrected chi connectivity index (χ0v) is 19.2. The van der Waals surface area contributed by atoms with Gasteiger partial charge in [-0.2, -0.15) is 0 Å². The molecule has 1 aliphatic heterocycles. The molecule has 3 aromatic carbocycles. The van der Waals surface area contributed by atoms with Crippen LogP contribution in [0.3, 0.4) is 0 Å². The summed E-state index contributed by atoms with van der Waals surface area (Å²) < 4.78 is 5.22. The molecule has 0 unspecified atom stereocenters. The van der Waals surface area contributed by atoms with Crippen molar-refractivity contribution in [2.45, 2.75) is 19.9 Å². The predicted molar refractivity (Wildman–Crippen MR) is 131 cm³/mol.